The quantitative estimate of drug-likeness (QED) is 0.116. The average molecular weight is 655 g/mol. The predicted octanol–water partition coefficient (Wildman–Crippen LogP) is 9.15. The first-order chi connectivity index (χ1) is 18.8. The van der Waals surface area contributed by atoms with Gasteiger partial charge < -0.3 is 9.80 Å². The summed E-state index contributed by atoms with van der Waals surface area (Å²) in [5.74, 6) is 3.44. The van der Waals surface area contributed by atoms with Crippen LogP contribution in [0, 0.1) is 11.8 Å². The van der Waals surface area contributed by atoms with Gasteiger partial charge in [-0.2, -0.15) is 0 Å². The summed E-state index contributed by atoms with van der Waals surface area (Å²) >= 11 is 25.7. The number of nitrogens with zero attached hydrogens (tertiary/aromatic N) is 2. The molecule has 2 unspecified atom stereocenters. The Balaban J connectivity index is 0.000000285. The zero-order valence-corrected chi connectivity index (χ0v) is 29.9. The SMILES string of the molecule is C=CCCC(C)(C)N1C(=S)C=C2SCCC2C1=S.CCCC(=O)CCC(C)(C)N(C)C(=S)/C=C1/SCCC1C=S. The van der Waals surface area contributed by atoms with Crippen molar-refractivity contribution in [2.75, 3.05) is 18.6 Å². The number of thiocarbonyl (C=S) groups is 4. The van der Waals surface area contributed by atoms with Gasteiger partial charge in [-0.25, -0.2) is 0 Å². The van der Waals surface area contributed by atoms with Crippen LogP contribution in [0.2, 0.25) is 0 Å². The van der Waals surface area contributed by atoms with E-state index in [1.54, 1.807) is 0 Å². The second kappa shape index (κ2) is 16.4. The fourth-order valence-corrected chi connectivity index (χ4v) is 9.41. The van der Waals surface area contributed by atoms with Gasteiger partial charge in [0.15, 0.2) is 0 Å². The first-order valence-corrected chi connectivity index (χ1v) is 17.9. The standard InChI is InChI=1S/C17H27NOS3.C14H19NS3/c1-5-6-14(19)7-9-17(2,3)18(4)16(21)11-15-13(12-20)8-10-22-15;1-4-5-7-14(2,3)15-12(16)9-11-10(13(15)17)6-8-18-11/h11-13H,5-10H2,1-4H3;4,9-10H,1,5-8H2,2-3H3/b15-11+;. The highest BCUT2D eigenvalue weighted by atomic mass is 32.2. The van der Waals surface area contributed by atoms with Gasteiger partial charge in [0.1, 0.15) is 15.8 Å². The van der Waals surface area contributed by atoms with Gasteiger partial charge in [-0.3, -0.25) is 4.79 Å². The number of carbonyl (C=O) groups excluding carboxylic acids is 1. The van der Waals surface area contributed by atoms with Gasteiger partial charge in [-0.1, -0.05) is 61.9 Å². The fraction of sp³-hybridized carbons (Fsp3) is 0.645. The van der Waals surface area contributed by atoms with Crippen molar-refractivity contribution in [1.82, 2.24) is 9.80 Å². The molecule has 9 heteroatoms. The Morgan fingerprint density at radius 1 is 1.15 bits per heavy atom. The number of hydrogen-bond acceptors (Lipinski definition) is 7. The lowest BCUT2D eigenvalue weighted by Gasteiger charge is -2.44. The first kappa shape index (κ1) is 35.7. The number of fused-ring (bicyclic) bond motifs is 1. The van der Waals surface area contributed by atoms with Crippen molar-refractivity contribution in [2.45, 2.75) is 97.1 Å². The van der Waals surface area contributed by atoms with E-state index in [0.29, 0.717) is 30.5 Å². The van der Waals surface area contributed by atoms with E-state index in [2.05, 4.69) is 56.2 Å². The molecule has 0 amide bonds. The van der Waals surface area contributed by atoms with Crippen molar-refractivity contribution in [3.63, 3.8) is 0 Å². The number of hydrogen-bond donors (Lipinski definition) is 0. The summed E-state index contributed by atoms with van der Waals surface area (Å²) in [4.78, 5) is 21.5. The highest BCUT2D eigenvalue weighted by Crippen LogP contribution is 2.43. The maximum atomic E-state index is 11.8. The number of carbonyl (C=O) groups is 1. The molecule has 0 radical (unpaired) electrons. The summed E-state index contributed by atoms with van der Waals surface area (Å²) in [5.41, 5.74) is -0.133. The van der Waals surface area contributed by atoms with Crippen LogP contribution in [0.3, 0.4) is 0 Å². The van der Waals surface area contributed by atoms with Crippen molar-refractivity contribution < 1.29 is 4.79 Å². The molecular formula is C31H46N2OS6. The maximum absolute atomic E-state index is 11.8. The lowest BCUT2D eigenvalue weighted by atomic mass is 9.91. The second-order valence-corrected chi connectivity index (χ2v) is 15.7. The fourth-order valence-electron chi connectivity index (χ4n) is 4.91. The van der Waals surface area contributed by atoms with Crippen molar-refractivity contribution in [3.8, 4) is 0 Å². The van der Waals surface area contributed by atoms with E-state index in [4.69, 9.17) is 48.9 Å². The maximum Gasteiger partial charge on any atom is 0.132 e. The summed E-state index contributed by atoms with van der Waals surface area (Å²) in [5, 5.41) is 1.85. The third-order valence-corrected chi connectivity index (χ3v) is 11.7. The van der Waals surface area contributed by atoms with Gasteiger partial charge in [0.2, 0.25) is 0 Å². The smallest absolute Gasteiger partial charge is 0.132 e. The van der Waals surface area contributed by atoms with Crippen LogP contribution < -0.4 is 0 Å². The Morgan fingerprint density at radius 3 is 2.45 bits per heavy atom. The van der Waals surface area contributed by atoms with Crippen LogP contribution in [-0.4, -0.2) is 65.5 Å². The Labute approximate surface area is 273 Å². The molecule has 3 aliphatic heterocycles. The predicted molar refractivity (Wildman–Crippen MR) is 195 cm³/mol. The molecule has 2 fully saturated rings. The van der Waals surface area contributed by atoms with Crippen LogP contribution in [0.5, 0.6) is 0 Å². The zero-order chi connectivity index (χ0) is 30.1. The van der Waals surface area contributed by atoms with Gasteiger partial charge in [-0.15, -0.1) is 30.1 Å². The normalized spacial score (nSPS) is 21.9. The molecule has 0 aromatic heterocycles. The molecule has 3 heterocycles. The van der Waals surface area contributed by atoms with Gasteiger partial charge >= 0.3 is 0 Å². The molecule has 3 rings (SSSR count). The molecule has 2 saturated heterocycles. The molecular weight excluding hydrogens is 609 g/mol. The number of Topliss-reactive ketones (excluding diaryl/α,β-unsaturated/α-hetero) is 1. The summed E-state index contributed by atoms with van der Waals surface area (Å²) in [6, 6.07) is 0. The molecule has 222 valence electrons. The van der Waals surface area contributed by atoms with Crippen LogP contribution >= 0.6 is 72.4 Å². The Morgan fingerprint density at radius 2 is 1.82 bits per heavy atom. The minimum Gasteiger partial charge on any atom is -0.361 e. The Hall–Kier alpha value is -0.450. The largest absolute Gasteiger partial charge is 0.361 e. The molecule has 3 nitrogen and oxygen atoms in total. The molecule has 0 N–H and O–H groups in total. The van der Waals surface area contributed by atoms with E-state index < -0.39 is 0 Å². The molecule has 3 aliphatic rings. The second-order valence-electron chi connectivity index (χ2n) is 11.8. The van der Waals surface area contributed by atoms with Gasteiger partial charge in [0.25, 0.3) is 0 Å². The average Bonchev–Trinajstić information content (AvgIpc) is 3.55. The van der Waals surface area contributed by atoms with E-state index in [-0.39, 0.29) is 11.1 Å². The summed E-state index contributed by atoms with van der Waals surface area (Å²) in [6.07, 6.45) is 13.6. The molecule has 0 saturated carbocycles. The van der Waals surface area contributed by atoms with Crippen LogP contribution in [0.15, 0.2) is 34.6 Å². The number of likely N-dealkylation sites (N-methyl/N-ethyl adjacent to an activating group) is 1. The number of allylic oxidation sites excluding steroid dienone is 2. The highest BCUT2D eigenvalue weighted by Gasteiger charge is 2.40. The van der Waals surface area contributed by atoms with Crippen molar-refractivity contribution >= 4 is 98.5 Å². The molecule has 0 spiro atoms. The number of thioether (sulfide) groups is 2. The summed E-state index contributed by atoms with van der Waals surface area (Å²) < 4.78 is 0. The minimum absolute atomic E-state index is 0.0162. The van der Waals surface area contributed by atoms with Gasteiger partial charge in [0.05, 0.1) is 4.99 Å². The van der Waals surface area contributed by atoms with E-state index in [1.807, 2.05) is 48.9 Å². The zero-order valence-electron chi connectivity index (χ0n) is 25.0. The summed E-state index contributed by atoms with van der Waals surface area (Å²) in [6.45, 7) is 14.6. The van der Waals surface area contributed by atoms with E-state index in [9.17, 15) is 4.79 Å². The highest BCUT2D eigenvalue weighted by molar-refractivity contribution is 8.03. The summed E-state index contributed by atoms with van der Waals surface area (Å²) in [7, 11) is 2.02. The number of ketones is 1. The van der Waals surface area contributed by atoms with Crippen molar-refractivity contribution in [1.29, 1.82) is 0 Å². The van der Waals surface area contributed by atoms with Crippen LogP contribution in [-0.2, 0) is 4.79 Å². The monoisotopic (exact) mass is 654 g/mol. The van der Waals surface area contributed by atoms with Crippen LogP contribution in [0.25, 0.3) is 0 Å². The first-order valence-electron chi connectivity index (χ1n) is 14.2. The van der Waals surface area contributed by atoms with E-state index >= 15 is 0 Å². The molecule has 2 atom stereocenters. The molecule has 0 aliphatic carbocycles. The van der Waals surface area contributed by atoms with Crippen molar-refractivity contribution in [3.05, 3.63) is 34.6 Å². The molecule has 0 aromatic carbocycles. The molecule has 0 bridgehead atoms. The Bertz CT molecular complexity index is 1040. The minimum atomic E-state index is -0.117. The van der Waals surface area contributed by atoms with E-state index in [0.717, 1.165) is 59.2 Å². The Kier molecular flexibility index (Phi) is 14.7. The lowest BCUT2D eigenvalue weighted by Crippen LogP contribution is -2.53. The third-order valence-electron chi connectivity index (χ3n) is 7.86. The third kappa shape index (κ3) is 9.80. The van der Waals surface area contributed by atoms with Crippen LogP contribution in [0.1, 0.15) is 86.0 Å². The molecule has 0 aromatic rings. The topological polar surface area (TPSA) is 23.6 Å². The van der Waals surface area contributed by atoms with Gasteiger partial charge in [-0.05, 0) is 105 Å². The van der Waals surface area contributed by atoms with Gasteiger partial charge in [0, 0.05) is 42.8 Å². The molecule has 40 heavy (non-hydrogen) atoms. The number of rotatable bonds is 12. The van der Waals surface area contributed by atoms with Crippen molar-refractivity contribution in [2.24, 2.45) is 11.8 Å². The van der Waals surface area contributed by atoms with Crippen LogP contribution in [0.4, 0.5) is 0 Å². The van der Waals surface area contributed by atoms with E-state index in [1.165, 1.54) is 15.6 Å². The lowest BCUT2D eigenvalue weighted by molar-refractivity contribution is -0.119.